The standard InChI is InChI=1S/C29H26ClF3N4O3/c1-15-14-35-23(22-8-9-34-27(36-22)28(3,4)39)13-24(15)37-16(2)10-21(25(30)26(37)38)20-12-19(20)17-6-5-7-18(11-17)40-29(31,32)33/h5-11,13-14,19-20,39H,12H2,1-4H3/t19-,20+/m1/s1. The molecule has 0 radical (unpaired) electrons. The van der Waals surface area contributed by atoms with Gasteiger partial charge < -0.3 is 9.84 Å². The fourth-order valence-corrected chi connectivity index (χ4v) is 5.12. The summed E-state index contributed by atoms with van der Waals surface area (Å²) in [5, 5.41) is 10.4. The van der Waals surface area contributed by atoms with Crippen molar-refractivity contribution in [2.24, 2.45) is 0 Å². The van der Waals surface area contributed by atoms with Crippen molar-refractivity contribution in [2.45, 2.75) is 57.9 Å². The highest BCUT2D eigenvalue weighted by Crippen LogP contribution is 2.56. The molecule has 0 bridgehead atoms. The summed E-state index contributed by atoms with van der Waals surface area (Å²) in [5.41, 5.74) is 2.63. The van der Waals surface area contributed by atoms with Crippen molar-refractivity contribution in [3.05, 3.63) is 98.4 Å². The van der Waals surface area contributed by atoms with Crippen LogP contribution in [0.2, 0.25) is 5.02 Å². The predicted octanol–water partition coefficient (Wildman–Crippen LogP) is 6.36. The number of aryl methyl sites for hydroxylation is 2. The highest BCUT2D eigenvalue weighted by Gasteiger charge is 2.42. The lowest BCUT2D eigenvalue weighted by atomic mass is 10.0. The molecular formula is C29H26ClF3N4O3. The van der Waals surface area contributed by atoms with Crippen LogP contribution in [0.25, 0.3) is 17.1 Å². The number of aliphatic hydroxyl groups is 1. The van der Waals surface area contributed by atoms with E-state index < -0.39 is 17.5 Å². The summed E-state index contributed by atoms with van der Waals surface area (Å²) >= 11 is 6.64. The van der Waals surface area contributed by atoms with Crippen LogP contribution in [0.3, 0.4) is 0 Å². The smallest absolute Gasteiger partial charge is 0.406 e. The number of nitrogens with zero attached hydrogens (tertiary/aromatic N) is 4. The maximum atomic E-state index is 13.6. The topological polar surface area (TPSA) is 90.1 Å². The van der Waals surface area contributed by atoms with Gasteiger partial charge in [0.05, 0.1) is 17.1 Å². The summed E-state index contributed by atoms with van der Waals surface area (Å²) in [6.45, 7) is 6.80. The molecule has 0 amide bonds. The summed E-state index contributed by atoms with van der Waals surface area (Å²) in [6, 6.07) is 11.1. The summed E-state index contributed by atoms with van der Waals surface area (Å²) in [6.07, 6.45) is -0.954. The van der Waals surface area contributed by atoms with Gasteiger partial charge in [0.15, 0.2) is 5.82 Å². The van der Waals surface area contributed by atoms with Gasteiger partial charge in [0.2, 0.25) is 0 Å². The number of hydrogen-bond acceptors (Lipinski definition) is 6. The molecule has 2 atom stereocenters. The Kier molecular flexibility index (Phi) is 6.96. The molecule has 1 aromatic carbocycles. The third-order valence-corrected chi connectivity index (χ3v) is 7.23. The fraction of sp³-hybridized carbons (Fsp3) is 0.310. The van der Waals surface area contributed by atoms with Gasteiger partial charge in [0.1, 0.15) is 16.4 Å². The third-order valence-electron chi connectivity index (χ3n) is 6.85. The van der Waals surface area contributed by atoms with Gasteiger partial charge >= 0.3 is 6.36 Å². The maximum Gasteiger partial charge on any atom is 0.573 e. The van der Waals surface area contributed by atoms with Gasteiger partial charge in [-0.3, -0.25) is 14.3 Å². The zero-order valence-electron chi connectivity index (χ0n) is 22.1. The molecule has 0 aliphatic heterocycles. The first kappa shape index (κ1) is 27.8. The average molecular weight is 571 g/mol. The molecule has 7 nitrogen and oxygen atoms in total. The molecular weight excluding hydrogens is 545 g/mol. The molecule has 1 N–H and O–H groups in total. The molecule has 40 heavy (non-hydrogen) atoms. The van der Waals surface area contributed by atoms with Crippen LogP contribution < -0.4 is 10.3 Å². The van der Waals surface area contributed by atoms with Crippen molar-refractivity contribution < 1.29 is 23.0 Å². The minimum absolute atomic E-state index is 0.0601. The first-order valence-electron chi connectivity index (χ1n) is 12.5. The highest BCUT2D eigenvalue weighted by molar-refractivity contribution is 6.31. The second-order valence-corrected chi connectivity index (χ2v) is 10.8. The van der Waals surface area contributed by atoms with Crippen molar-refractivity contribution in [1.29, 1.82) is 0 Å². The molecule has 0 spiro atoms. The molecule has 3 aromatic heterocycles. The molecule has 1 saturated carbocycles. The normalized spacial score (nSPS) is 17.1. The third kappa shape index (κ3) is 5.59. The average Bonchev–Trinajstić information content (AvgIpc) is 3.67. The van der Waals surface area contributed by atoms with Gasteiger partial charge in [-0.2, -0.15) is 0 Å². The van der Waals surface area contributed by atoms with Gasteiger partial charge in [-0.1, -0.05) is 23.7 Å². The minimum atomic E-state index is -4.78. The van der Waals surface area contributed by atoms with Crippen LogP contribution in [0.5, 0.6) is 5.75 Å². The van der Waals surface area contributed by atoms with E-state index in [2.05, 4.69) is 19.7 Å². The number of halogens is 4. The second kappa shape index (κ2) is 10.0. The van der Waals surface area contributed by atoms with E-state index in [4.69, 9.17) is 11.6 Å². The number of alkyl halides is 3. The lowest BCUT2D eigenvalue weighted by Crippen LogP contribution is -2.23. The van der Waals surface area contributed by atoms with E-state index in [9.17, 15) is 23.1 Å². The van der Waals surface area contributed by atoms with Crippen molar-refractivity contribution in [1.82, 2.24) is 19.5 Å². The Morgan fingerprint density at radius 2 is 1.80 bits per heavy atom. The van der Waals surface area contributed by atoms with E-state index in [0.29, 0.717) is 40.3 Å². The number of ether oxygens (including phenoxy) is 1. The number of aromatic nitrogens is 4. The zero-order valence-corrected chi connectivity index (χ0v) is 22.9. The molecule has 0 saturated heterocycles. The number of benzene rings is 1. The van der Waals surface area contributed by atoms with Crippen LogP contribution in [0, 0.1) is 13.8 Å². The number of rotatable bonds is 6. The summed E-state index contributed by atoms with van der Waals surface area (Å²) < 4.78 is 43.6. The molecule has 11 heteroatoms. The Hall–Kier alpha value is -3.76. The van der Waals surface area contributed by atoms with Crippen LogP contribution >= 0.6 is 11.6 Å². The van der Waals surface area contributed by atoms with Crippen LogP contribution in [0.1, 0.15) is 60.3 Å². The van der Waals surface area contributed by atoms with Crippen LogP contribution in [0.15, 0.2) is 59.7 Å². The van der Waals surface area contributed by atoms with Crippen molar-refractivity contribution in [2.75, 3.05) is 0 Å². The quantitative estimate of drug-likeness (QED) is 0.290. The molecule has 0 unspecified atom stereocenters. The Bertz CT molecular complexity index is 1660. The highest BCUT2D eigenvalue weighted by atomic mass is 35.5. The van der Waals surface area contributed by atoms with Gasteiger partial charge in [0.25, 0.3) is 5.56 Å². The zero-order chi connectivity index (χ0) is 29.0. The van der Waals surface area contributed by atoms with Gasteiger partial charge in [-0.05, 0) is 93.0 Å². The Morgan fingerprint density at radius 3 is 2.50 bits per heavy atom. The fourth-order valence-electron chi connectivity index (χ4n) is 4.84. The molecule has 5 rings (SSSR count). The van der Waals surface area contributed by atoms with Crippen molar-refractivity contribution in [3.63, 3.8) is 0 Å². The number of pyridine rings is 2. The largest absolute Gasteiger partial charge is 0.573 e. The minimum Gasteiger partial charge on any atom is -0.406 e. The van der Waals surface area contributed by atoms with E-state index >= 15 is 0 Å². The molecule has 4 aromatic rings. The lowest BCUT2D eigenvalue weighted by Gasteiger charge is -2.17. The second-order valence-electron chi connectivity index (χ2n) is 10.4. The molecule has 1 fully saturated rings. The van der Waals surface area contributed by atoms with Crippen LogP contribution in [0.4, 0.5) is 13.2 Å². The van der Waals surface area contributed by atoms with Crippen molar-refractivity contribution >= 4 is 11.6 Å². The van der Waals surface area contributed by atoms with E-state index in [1.165, 1.54) is 29.0 Å². The Labute approximate surface area is 233 Å². The van der Waals surface area contributed by atoms with Gasteiger partial charge in [-0.15, -0.1) is 13.2 Å². The summed E-state index contributed by atoms with van der Waals surface area (Å²) in [5.74, 6) is -0.231. The van der Waals surface area contributed by atoms with E-state index in [1.54, 1.807) is 45.2 Å². The lowest BCUT2D eigenvalue weighted by molar-refractivity contribution is -0.274. The summed E-state index contributed by atoms with van der Waals surface area (Å²) in [4.78, 5) is 26.6. The van der Waals surface area contributed by atoms with Gasteiger partial charge in [0, 0.05) is 18.1 Å². The Balaban J connectivity index is 1.48. The van der Waals surface area contributed by atoms with Crippen LogP contribution in [-0.2, 0) is 5.60 Å². The first-order chi connectivity index (χ1) is 18.7. The predicted molar refractivity (Wildman–Crippen MR) is 144 cm³/mol. The molecule has 3 heterocycles. The van der Waals surface area contributed by atoms with E-state index in [0.717, 1.165) is 5.56 Å². The maximum absolute atomic E-state index is 13.6. The molecule has 208 valence electrons. The monoisotopic (exact) mass is 570 g/mol. The molecule has 1 aliphatic rings. The summed E-state index contributed by atoms with van der Waals surface area (Å²) in [7, 11) is 0. The van der Waals surface area contributed by atoms with E-state index in [1.807, 2.05) is 13.0 Å². The number of hydrogen-bond donors (Lipinski definition) is 1. The van der Waals surface area contributed by atoms with E-state index in [-0.39, 0.29) is 28.4 Å². The Morgan fingerprint density at radius 1 is 1.05 bits per heavy atom. The molecule has 1 aliphatic carbocycles. The van der Waals surface area contributed by atoms with Crippen LogP contribution in [-0.4, -0.2) is 31.0 Å². The first-order valence-corrected chi connectivity index (χ1v) is 12.9. The van der Waals surface area contributed by atoms with Crippen molar-refractivity contribution in [3.8, 4) is 22.8 Å². The SMILES string of the molecule is Cc1cnc(-c2ccnc(C(C)(C)O)n2)cc1-n1c(C)cc([C@H]2C[C@@H]2c2cccc(OC(F)(F)F)c2)c(Cl)c1=O. The van der Waals surface area contributed by atoms with Gasteiger partial charge in [-0.25, -0.2) is 9.97 Å².